The molecule has 3 heteroatoms. The Balaban J connectivity index is 1.76. The highest BCUT2D eigenvalue weighted by Gasteiger charge is 1.99. The van der Waals surface area contributed by atoms with Crippen LogP contribution in [0.4, 0.5) is 0 Å². The molecule has 0 saturated carbocycles. The fraction of sp³-hybridized carbons (Fsp3) is 0.824. The first-order valence-electron chi connectivity index (χ1n) is 8.43. The first kappa shape index (κ1) is 18.2. The van der Waals surface area contributed by atoms with Gasteiger partial charge in [0, 0.05) is 5.38 Å². The number of unbranched alkanes of at least 4 members (excludes halogenated alkanes) is 11. The molecular weight excluding hydrogens is 330 g/mol. The van der Waals surface area contributed by atoms with Gasteiger partial charge in [-0.05, 0) is 28.8 Å². The van der Waals surface area contributed by atoms with Crippen molar-refractivity contribution in [1.29, 1.82) is 0 Å². The molecule has 116 valence electrons. The van der Waals surface area contributed by atoms with Crippen molar-refractivity contribution in [3.63, 3.8) is 0 Å². The monoisotopic (exact) mass is 359 g/mol. The van der Waals surface area contributed by atoms with Gasteiger partial charge >= 0.3 is 0 Å². The number of aromatic nitrogens is 1. The Morgan fingerprint density at radius 3 is 1.80 bits per heavy atom. The smallest absolute Gasteiger partial charge is 0.159 e. The zero-order valence-electron chi connectivity index (χ0n) is 13.0. The summed E-state index contributed by atoms with van der Waals surface area (Å²) in [6.45, 7) is 2.28. The molecule has 1 rings (SSSR count). The van der Waals surface area contributed by atoms with Gasteiger partial charge in [-0.1, -0.05) is 77.6 Å². The van der Waals surface area contributed by atoms with E-state index in [0.29, 0.717) is 0 Å². The van der Waals surface area contributed by atoms with Gasteiger partial charge in [0.05, 0.1) is 5.69 Å². The minimum absolute atomic E-state index is 1.02. The van der Waals surface area contributed by atoms with Crippen molar-refractivity contribution in [2.24, 2.45) is 0 Å². The van der Waals surface area contributed by atoms with E-state index in [-0.39, 0.29) is 0 Å². The third-order valence-electron chi connectivity index (χ3n) is 3.81. The predicted molar refractivity (Wildman–Crippen MR) is 94.6 cm³/mol. The molecule has 0 N–H and O–H groups in total. The van der Waals surface area contributed by atoms with Crippen molar-refractivity contribution in [1.82, 2.24) is 4.98 Å². The summed E-state index contributed by atoms with van der Waals surface area (Å²) in [7, 11) is 0. The van der Waals surface area contributed by atoms with Gasteiger partial charge in [-0.3, -0.25) is 0 Å². The molecular formula is C17H30BrNS. The highest BCUT2D eigenvalue weighted by molar-refractivity contribution is 9.11. The van der Waals surface area contributed by atoms with Gasteiger partial charge in [0.15, 0.2) is 3.92 Å². The molecule has 0 aliphatic carbocycles. The van der Waals surface area contributed by atoms with E-state index in [0.717, 1.165) is 10.3 Å². The van der Waals surface area contributed by atoms with Crippen LogP contribution in [0.1, 0.15) is 89.7 Å². The van der Waals surface area contributed by atoms with E-state index in [2.05, 4.69) is 33.2 Å². The molecule has 1 aromatic heterocycles. The maximum absolute atomic E-state index is 4.43. The van der Waals surface area contributed by atoms with E-state index in [1.165, 1.54) is 82.7 Å². The molecule has 0 aliphatic rings. The molecule has 0 aromatic carbocycles. The van der Waals surface area contributed by atoms with Gasteiger partial charge in [-0.2, -0.15) is 0 Å². The lowest BCUT2D eigenvalue weighted by Gasteiger charge is -2.02. The summed E-state index contributed by atoms with van der Waals surface area (Å²) < 4.78 is 1.02. The number of nitrogens with zero attached hydrogens (tertiary/aromatic N) is 1. The third-order valence-corrected chi connectivity index (χ3v) is 5.22. The first-order valence-corrected chi connectivity index (χ1v) is 10.1. The van der Waals surface area contributed by atoms with Crippen molar-refractivity contribution in [2.45, 2.75) is 90.4 Å². The lowest BCUT2D eigenvalue weighted by molar-refractivity contribution is 0.543. The number of hydrogen-bond donors (Lipinski definition) is 0. The Bertz CT molecular complexity index is 325. The Morgan fingerprint density at radius 2 is 1.35 bits per heavy atom. The maximum Gasteiger partial charge on any atom is 0.159 e. The standard InChI is InChI=1S/C17H30BrNS/c1-2-3-4-5-6-7-8-9-10-11-12-13-14-16-15-20-17(18)19-16/h15H,2-14H2,1H3. The second kappa shape index (κ2) is 12.8. The maximum atomic E-state index is 4.43. The van der Waals surface area contributed by atoms with Crippen LogP contribution in [0.25, 0.3) is 0 Å². The number of halogens is 1. The van der Waals surface area contributed by atoms with Gasteiger partial charge in [0.25, 0.3) is 0 Å². The van der Waals surface area contributed by atoms with Crippen LogP contribution in [0, 0.1) is 0 Å². The molecule has 20 heavy (non-hydrogen) atoms. The lowest BCUT2D eigenvalue weighted by atomic mass is 10.0. The van der Waals surface area contributed by atoms with E-state index >= 15 is 0 Å². The summed E-state index contributed by atoms with van der Waals surface area (Å²) in [6, 6.07) is 0. The zero-order chi connectivity index (χ0) is 14.5. The average molecular weight is 360 g/mol. The number of thiazole rings is 1. The normalized spacial score (nSPS) is 11.1. The van der Waals surface area contributed by atoms with E-state index in [9.17, 15) is 0 Å². The first-order chi connectivity index (χ1) is 9.83. The SMILES string of the molecule is CCCCCCCCCCCCCCc1csc(Br)n1. The molecule has 1 heterocycles. The molecule has 0 spiro atoms. The molecule has 0 amide bonds. The van der Waals surface area contributed by atoms with Crippen LogP contribution >= 0.6 is 27.3 Å². The van der Waals surface area contributed by atoms with Crippen molar-refractivity contribution in [3.05, 3.63) is 15.0 Å². The predicted octanol–water partition coefficient (Wildman–Crippen LogP) is 7.15. The van der Waals surface area contributed by atoms with Gasteiger partial charge < -0.3 is 0 Å². The number of hydrogen-bond acceptors (Lipinski definition) is 2. The van der Waals surface area contributed by atoms with Crippen LogP contribution in [-0.2, 0) is 6.42 Å². The second-order valence-corrected chi connectivity index (χ2v) is 7.87. The van der Waals surface area contributed by atoms with Gasteiger partial charge in [-0.15, -0.1) is 11.3 Å². The molecule has 0 fully saturated rings. The summed E-state index contributed by atoms with van der Waals surface area (Å²) in [6.07, 6.45) is 18.1. The number of rotatable bonds is 13. The van der Waals surface area contributed by atoms with Crippen LogP contribution in [0.2, 0.25) is 0 Å². The van der Waals surface area contributed by atoms with Crippen molar-refractivity contribution in [2.75, 3.05) is 0 Å². The summed E-state index contributed by atoms with van der Waals surface area (Å²) in [4.78, 5) is 4.43. The topological polar surface area (TPSA) is 12.9 Å². The van der Waals surface area contributed by atoms with Crippen LogP contribution in [-0.4, -0.2) is 4.98 Å². The minimum atomic E-state index is 1.02. The molecule has 1 nitrogen and oxygen atoms in total. The highest BCUT2D eigenvalue weighted by atomic mass is 79.9. The average Bonchev–Trinajstić information content (AvgIpc) is 2.86. The van der Waals surface area contributed by atoms with E-state index in [1.54, 1.807) is 11.3 Å². The van der Waals surface area contributed by atoms with E-state index in [1.807, 2.05) is 0 Å². The van der Waals surface area contributed by atoms with Gasteiger partial charge in [0.2, 0.25) is 0 Å². The molecule has 0 saturated heterocycles. The molecule has 1 aromatic rings. The zero-order valence-corrected chi connectivity index (χ0v) is 15.4. The molecule has 0 bridgehead atoms. The van der Waals surface area contributed by atoms with Crippen LogP contribution in [0.15, 0.2) is 9.30 Å². The van der Waals surface area contributed by atoms with Crippen LogP contribution < -0.4 is 0 Å². The van der Waals surface area contributed by atoms with Crippen LogP contribution in [0.5, 0.6) is 0 Å². The van der Waals surface area contributed by atoms with E-state index in [4.69, 9.17) is 0 Å². The van der Waals surface area contributed by atoms with Gasteiger partial charge in [-0.25, -0.2) is 4.98 Å². The molecule has 0 unspecified atom stereocenters. The Morgan fingerprint density at radius 1 is 0.850 bits per heavy atom. The minimum Gasteiger partial charge on any atom is -0.234 e. The Kier molecular flexibility index (Phi) is 11.6. The summed E-state index contributed by atoms with van der Waals surface area (Å²) in [5.41, 5.74) is 1.26. The Hall–Kier alpha value is 0.110. The largest absolute Gasteiger partial charge is 0.234 e. The second-order valence-electron chi connectivity index (χ2n) is 5.73. The molecule has 0 radical (unpaired) electrons. The van der Waals surface area contributed by atoms with Crippen molar-refractivity contribution >= 4 is 27.3 Å². The fourth-order valence-corrected chi connectivity index (χ4v) is 3.63. The quantitative estimate of drug-likeness (QED) is 0.340. The summed E-state index contributed by atoms with van der Waals surface area (Å²) in [5, 5.41) is 2.17. The van der Waals surface area contributed by atoms with Crippen molar-refractivity contribution in [3.8, 4) is 0 Å². The summed E-state index contributed by atoms with van der Waals surface area (Å²) in [5.74, 6) is 0. The summed E-state index contributed by atoms with van der Waals surface area (Å²) >= 11 is 5.11. The molecule has 0 aliphatic heterocycles. The van der Waals surface area contributed by atoms with Gasteiger partial charge in [0.1, 0.15) is 0 Å². The van der Waals surface area contributed by atoms with E-state index < -0.39 is 0 Å². The van der Waals surface area contributed by atoms with Crippen molar-refractivity contribution < 1.29 is 0 Å². The van der Waals surface area contributed by atoms with Crippen LogP contribution in [0.3, 0.4) is 0 Å². The highest BCUT2D eigenvalue weighted by Crippen LogP contribution is 2.18. The fourth-order valence-electron chi connectivity index (χ4n) is 2.54. The lowest BCUT2D eigenvalue weighted by Crippen LogP contribution is -1.86. The molecule has 0 atom stereocenters. The third kappa shape index (κ3) is 9.93. The Labute approximate surface area is 137 Å². The number of aryl methyl sites for hydroxylation is 1.